The van der Waals surface area contributed by atoms with Crippen molar-refractivity contribution in [3.63, 3.8) is 0 Å². The van der Waals surface area contributed by atoms with Crippen molar-refractivity contribution in [1.82, 2.24) is 0 Å². The molecule has 1 aliphatic rings. The molecule has 0 heterocycles. The fourth-order valence-corrected chi connectivity index (χ4v) is 3.47. The van der Waals surface area contributed by atoms with Gasteiger partial charge in [-0.15, -0.1) is 0 Å². The Bertz CT molecular complexity index is 673. The standard InChI is InChI=1S/C18H20BrNO3/c1-11(2)23-17(22)18(10-20)8-12(3)15(9-21)16(18)13-4-6-14(19)7-5-13/h4-7,11,16,21H,8-9H2,1-3H3/t16-,18+/m1/s1. The topological polar surface area (TPSA) is 70.3 Å². The summed E-state index contributed by atoms with van der Waals surface area (Å²) in [5, 5.41) is 19.6. The highest BCUT2D eigenvalue weighted by Crippen LogP contribution is 2.53. The van der Waals surface area contributed by atoms with E-state index in [9.17, 15) is 15.2 Å². The molecular weight excluding hydrogens is 358 g/mol. The molecule has 4 nitrogen and oxygen atoms in total. The highest BCUT2D eigenvalue weighted by Gasteiger charge is 2.54. The van der Waals surface area contributed by atoms with Crippen LogP contribution in [-0.2, 0) is 9.53 Å². The van der Waals surface area contributed by atoms with E-state index in [1.807, 2.05) is 31.2 Å². The van der Waals surface area contributed by atoms with E-state index in [-0.39, 0.29) is 19.1 Å². The van der Waals surface area contributed by atoms with E-state index in [1.165, 1.54) is 0 Å². The summed E-state index contributed by atoms with van der Waals surface area (Å²) in [6, 6.07) is 9.68. The van der Waals surface area contributed by atoms with E-state index in [0.717, 1.165) is 21.2 Å². The Morgan fingerprint density at radius 1 is 1.48 bits per heavy atom. The van der Waals surface area contributed by atoms with Crippen LogP contribution < -0.4 is 0 Å². The molecule has 5 heteroatoms. The smallest absolute Gasteiger partial charge is 0.328 e. The average Bonchev–Trinajstić information content (AvgIpc) is 2.80. The number of hydrogen-bond donors (Lipinski definition) is 1. The molecule has 0 aliphatic heterocycles. The van der Waals surface area contributed by atoms with Gasteiger partial charge >= 0.3 is 5.97 Å². The third-order valence-corrected chi connectivity index (χ3v) is 4.74. The summed E-state index contributed by atoms with van der Waals surface area (Å²) in [6.45, 7) is 5.21. The second-order valence-electron chi connectivity index (χ2n) is 6.16. The van der Waals surface area contributed by atoms with Crippen LogP contribution in [0.5, 0.6) is 0 Å². The number of carbonyl (C=O) groups is 1. The average molecular weight is 378 g/mol. The first kappa shape index (κ1) is 17.7. The first-order valence-electron chi connectivity index (χ1n) is 7.53. The number of esters is 1. The summed E-state index contributed by atoms with van der Waals surface area (Å²) in [4.78, 5) is 12.7. The normalized spacial score (nSPS) is 24.0. The highest BCUT2D eigenvalue weighted by atomic mass is 79.9. The van der Waals surface area contributed by atoms with Gasteiger partial charge in [0, 0.05) is 10.4 Å². The lowest BCUT2D eigenvalue weighted by molar-refractivity contribution is -0.156. The largest absolute Gasteiger partial charge is 0.462 e. The summed E-state index contributed by atoms with van der Waals surface area (Å²) in [5.74, 6) is -1.01. The molecule has 0 amide bonds. The lowest BCUT2D eigenvalue weighted by Gasteiger charge is -2.29. The molecule has 1 aromatic carbocycles. The Labute approximate surface area is 144 Å². The van der Waals surface area contributed by atoms with E-state index >= 15 is 0 Å². The molecule has 0 saturated heterocycles. The summed E-state index contributed by atoms with van der Waals surface area (Å²) in [6.07, 6.45) is -0.0112. The molecule has 0 bridgehead atoms. The lowest BCUT2D eigenvalue weighted by Crippen LogP contribution is -2.37. The third-order valence-electron chi connectivity index (χ3n) is 4.21. The third kappa shape index (κ3) is 3.19. The maximum atomic E-state index is 12.7. The quantitative estimate of drug-likeness (QED) is 0.641. The van der Waals surface area contributed by atoms with Crippen molar-refractivity contribution < 1.29 is 14.6 Å². The van der Waals surface area contributed by atoms with Crippen LogP contribution in [0.2, 0.25) is 0 Å². The Morgan fingerprint density at radius 2 is 2.09 bits per heavy atom. The number of nitriles is 1. The minimum absolute atomic E-state index is 0.176. The summed E-state index contributed by atoms with van der Waals surface area (Å²) in [7, 11) is 0. The van der Waals surface area contributed by atoms with Crippen molar-refractivity contribution in [2.24, 2.45) is 5.41 Å². The second kappa shape index (κ2) is 6.86. The minimum Gasteiger partial charge on any atom is -0.462 e. The monoisotopic (exact) mass is 377 g/mol. The first-order valence-corrected chi connectivity index (χ1v) is 8.32. The molecule has 1 aromatic rings. The van der Waals surface area contributed by atoms with Crippen LogP contribution in [-0.4, -0.2) is 23.8 Å². The van der Waals surface area contributed by atoms with Gasteiger partial charge in [-0.3, -0.25) is 4.79 Å². The van der Waals surface area contributed by atoms with E-state index in [4.69, 9.17) is 4.74 Å². The van der Waals surface area contributed by atoms with Crippen molar-refractivity contribution in [3.05, 3.63) is 45.4 Å². The number of carbonyl (C=O) groups excluding carboxylic acids is 1. The number of allylic oxidation sites excluding steroid dienone is 1. The maximum Gasteiger partial charge on any atom is 0.328 e. The second-order valence-corrected chi connectivity index (χ2v) is 7.08. The number of rotatable bonds is 4. The number of aliphatic hydroxyl groups is 1. The molecule has 1 N–H and O–H groups in total. The lowest BCUT2D eigenvalue weighted by atomic mass is 9.72. The van der Waals surface area contributed by atoms with Gasteiger partial charge in [-0.25, -0.2) is 0 Å². The van der Waals surface area contributed by atoms with Crippen LogP contribution in [0.3, 0.4) is 0 Å². The maximum absolute atomic E-state index is 12.7. The van der Waals surface area contributed by atoms with Crippen LogP contribution in [0.1, 0.15) is 38.7 Å². The number of halogens is 1. The molecule has 0 aromatic heterocycles. The van der Waals surface area contributed by atoms with E-state index in [0.29, 0.717) is 0 Å². The Hall–Kier alpha value is -1.64. The van der Waals surface area contributed by atoms with Gasteiger partial charge in [0.15, 0.2) is 5.41 Å². The van der Waals surface area contributed by atoms with Crippen molar-refractivity contribution in [2.75, 3.05) is 6.61 Å². The van der Waals surface area contributed by atoms with E-state index < -0.39 is 17.3 Å². The Balaban J connectivity index is 2.56. The van der Waals surface area contributed by atoms with Gasteiger partial charge in [-0.05, 0) is 50.5 Å². The number of aliphatic hydroxyl groups excluding tert-OH is 1. The number of benzene rings is 1. The molecule has 1 aliphatic carbocycles. The van der Waals surface area contributed by atoms with Crippen molar-refractivity contribution in [3.8, 4) is 6.07 Å². The number of ether oxygens (including phenoxy) is 1. The molecule has 122 valence electrons. The summed E-state index contributed by atoms with van der Waals surface area (Å²) >= 11 is 3.39. The van der Waals surface area contributed by atoms with Crippen molar-refractivity contribution in [1.29, 1.82) is 5.26 Å². The minimum atomic E-state index is -1.32. The molecule has 23 heavy (non-hydrogen) atoms. The zero-order valence-electron chi connectivity index (χ0n) is 13.5. The van der Waals surface area contributed by atoms with Crippen LogP contribution >= 0.6 is 15.9 Å². The predicted molar refractivity (Wildman–Crippen MR) is 90.6 cm³/mol. The van der Waals surface area contributed by atoms with Gasteiger partial charge in [0.2, 0.25) is 0 Å². The fourth-order valence-electron chi connectivity index (χ4n) is 3.20. The Morgan fingerprint density at radius 3 is 2.57 bits per heavy atom. The fraction of sp³-hybridized carbons (Fsp3) is 0.444. The number of nitrogens with zero attached hydrogens (tertiary/aromatic N) is 1. The van der Waals surface area contributed by atoms with Gasteiger partial charge in [-0.1, -0.05) is 33.6 Å². The summed E-state index contributed by atoms with van der Waals surface area (Å²) in [5.41, 5.74) is 1.12. The van der Waals surface area contributed by atoms with Crippen molar-refractivity contribution >= 4 is 21.9 Å². The van der Waals surface area contributed by atoms with Crippen LogP contribution in [0.25, 0.3) is 0 Å². The molecule has 0 fully saturated rings. The SMILES string of the molecule is CC1=C(CO)[C@@H](c2ccc(Br)cc2)[C@](C#N)(C(=O)OC(C)C)C1. The molecule has 2 rings (SSSR count). The highest BCUT2D eigenvalue weighted by molar-refractivity contribution is 9.10. The number of hydrogen-bond acceptors (Lipinski definition) is 4. The predicted octanol–water partition coefficient (Wildman–Crippen LogP) is 3.71. The molecular formula is C18H20BrNO3. The van der Waals surface area contributed by atoms with Crippen LogP contribution in [0.4, 0.5) is 0 Å². The van der Waals surface area contributed by atoms with E-state index in [2.05, 4.69) is 22.0 Å². The molecule has 0 saturated carbocycles. The van der Waals surface area contributed by atoms with Gasteiger partial charge in [0.05, 0.1) is 18.8 Å². The van der Waals surface area contributed by atoms with Gasteiger partial charge < -0.3 is 9.84 Å². The molecule has 0 radical (unpaired) electrons. The van der Waals surface area contributed by atoms with Crippen molar-refractivity contribution in [2.45, 2.75) is 39.2 Å². The van der Waals surface area contributed by atoms with Crippen LogP contribution in [0, 0.1) is 16.7 Å². The molecule has 2 atom stereocenters. The van der Waals surface area contributed by atoms with Gasteiger partial charge in [-0.2, -0.15) is 5.26 Å². The van der Waals surface area contributed by atoms with Gasteiger partial charge in [0.1, 0.15) is 0 Å². The van der Waals surface area contributed by atoms with E-state index in [1.54, 1.807) is 13.8 Å². The van der Waals surface area contributed by atoms with Crippen LogP contribution in [0.15, 0.2) is 39.9 Å². The zero-order chi connectivity index (χ0) is 17.2. The summed E-state index contributed by atoms with van der Waals surface area (Å²) < 4.78 is 6.28. The molecule has 0 spiro atoms. The first-order chi connectivity index (χ1) is 10.9. The zero-order valence-corrected chi connectivity index (χ0v) is 15.1. The van der Waals surface area contributed by atoms with Gasteiger partial charge in [0.25, 0.3) is 0 Å². The molecule has 0 unspecified atom stereocenters. The Kier molecular flexibility index (Phi) is 5.28.